The Kier molecular flexibility index (Phi) is 84.9. The molecular weight excluding hydrogens is 115 g/mol. The van der Waals surface area contributed by atoms with Crippen LogP contribution in [0.15, 0.2) is 0 Å². The van der Waals surface area contributed by atoms with Gasteiger partial charge in [0.2, 0.25) is 0 Å². The van der Waals surface area contributed by atoms with Crippen molar-refractivity contribution in [3.8, 4) is 0 Å². The fourth-order valence-electron chi connectivity index (χ4n) is 0. The minimum absolute atomic E-state index is 0. The molecule has 0 amide bonds. The molecule has 0 aliphatic rings. The molecule has 3 heteroatoms. The van der Waals surface area contributed by atoms with Crippen molar-refractivity contribution in [2.45, 2.75) is 26.7 Å². The van der Waals surface area contributed by atoms with Gasteiger partial charge in [-0.15, -0.1) is 0 Å². The third-order valence-electron chi connectivity index (χ3n) is 0.500. The Bertz CT molecular complexity index is 20.5. The zero-order chi connectivity index (χ0) is 3.41. The van der Waals surface area contributed by atoms with Crippen molar-refractivity contribution in [1.29, 1.82) is 0 Å². The number of hydrogen-bond donors (Lipinski definition) is 0. The molecule has 0 aromatic rings. The maximum atomic E-state index is 2.18. The van der Waals surface area contributed by atoms with Crippen molar-refractivity contribution in [1.82, 2.24) is 0 Å². The Morgan fingerprint density at radius 3 is 1.29 bits per heavy atom. The molecule has 0 radical (unpaired) electrons. The molecule has 7 heavy (non-hydrogen) atoms. The average Bonchev–Trinajstić information content (AvgIpc) is 1.37. The third-order valence-corrected chi connectivity index (χ3v) is 0.500. The number of halogens is 1. The van der Waals surface area contributed by atoms with Gasteiger partial charge in [-0.3, -0.25) is 0 Å². The largest absolute Gasteiger partial charge is 2.00 e. The van der Waals surface area contributed by atoms with Gasteiger partial charge >= 0.3 is 41.9 Å². The number of unbranched alkanes of at least 4 members (excludes halogenated alkanes) is 1. The summed E-state index contributed by atoms with van der Waals surface area (Å²) >= 11 is 0. The fraction of sp³-hybridized carbons (Fsp3) is 1.00. The van der Waals surface area contributed by atoms with Crippen molar-refractivity contribution >= 4 is 23.1 Å². The van der Waals surface area contributed by atoms with Crippen LogP contribution in [0.1, 0.15) is 29.5 Å². The average molecular weight is 127 g/mol. The summed E-state index contributed by atoms with van der Waals surface area (Å²) in [5.74, 6) is 0. The van der Waals surface area contributed by atoms with Crippen LogP contribution >= 0.6 is 0 Å². The molecule has 0 aromatic carbocycles. The maximum absolute atomic E-state index is 2.18. The van der Waals surface area contributed by atoms with E-state index in [1.165, 1.54) is 12.8 Å². The van der Waals surface area contributed by atoms with Gasteiger partial charge in [-0.1, -0.05) is 26.7 Å². The summed E-state index contributed by atoms with van der Waals surface area (Å²) in [6.07, 6.45) is 2.64. The van der Waals surface area contributed by atoms with Crippen LogP contribution in [-0.4, -0.2) is 23.1 Å². The molecule has 0 aliphatic carbocycles. The van der Waals surface area contributed by atoms with Gasteiger partial charge in [0.05, 0.1) is 0 Å². The van der Waals surface area contributed by atoms with Crippen LogP contribution in [0.4, 0.5) is 0 Å². The molecule has 0 bridgehead atoms. The van der Waals surface area contributed by atoms with Crippen LogP contribution in [0.3, 0.4) is 0 Å². The first-order valence-electron chi connectivity index (χ1n) is 1.91. The maximum Gasteiger partial charge on any atom is 2.00 e. The number of rotatable bonds is 1. The summed E-state index contributed by atoms with van der Waals surface area (Å²) in [6, 6.07) is 0. The van der Waals surface area contributed by atoms with Crippen LogP contribution in [0.2, 0.25) is 0 Å². The van der Waals surface area contributed by atoms with E-state index in [0.29, 0.717) is 0 Å². The molecule has 0 aliphatic heterocycles. The van der Waals surface area contributed by atoms with Gasteiger partial charge in [-0.2, -0.15) is 0 Å². The Balaban J connectivity index is -0.00000000450. The molecule has 0 atom stereocenters. The molecule has 0 heterocycles. The second kappa shape index (κ2) is 25.4. The summed E-state index contributed by atoms with van der Waals surface area (Å²) in [7, 11) is 0. The minimum Gasteiger partial charge on any atom is -1.00 e. The molecule has 0 spiro atoms. The van der Waals surface area contributed by atoms with Crippen LogP contribution < -0.4 is 31.3 Å². The summed E-state index contributed by atoms with van der Waals surface area (Å²) in [5, 5.41) is 0. The van der Waals surface area contributed by atoms with Gasteiger partial charge in [0.15, 0.2) is 0 Å². The Labute approximate surface area is 83.5 Å². The van der Waals surface area contributed by atoms with E-state index in [0.717, 1.165) is 0 Å². The van der Waals surface area contributed by atoms with E-state index in [4.69, 9.17) is 0 Å². The molecule has 0 fully saturated rings. The monoisotopic (exact) mass is 126 g/mol. The van der Waals surface area contributed by atoms with Crippen molar-refractivity contribution in [2.75, 3.05) is 0 Å². The van der Waals surface area contributed by atoms with Gasteiger partial charge in [0, 0.05) is 0 Å². The summed E-state index contributed by atoms with van der Waals surface area (Å²) in [4.78, 5) is 0. The molecule has 0 aromatic heterocycles. The Morgan fingerprint density at radius 2 is 1.29 bits per heavy atom. The van der Waals surface area contributed by atoms with E-state index in [1.54, 1.807) is 0 Å². The molecule has 38 valence electrons. The minimum atomic E-state index is 0. The predicted molar refractivity (Wildman–Crippen MR) is 28.6 cm³/mol. The van der Waals surface area contributed by atoms with Crippen molar-refractivity contribution in [3.63, 3.8) is 0 Å². The van der Waals surface area contributed by atoms with Gasteiger partial charge in [0.1, 0.15) is 0 Å². The first-order valence-corrected chi connectivity index (χ1v) is 1.91. The predicted octanol–water partition coefficient (Wildman–Crippen LogP) is -4.34. The van der Waals surface area contributed by atoms with E-state index >= 15 is 0 Å². The summed E-state index contributed by atoms with van der Waals surface area (Å²) in [6.45, 7) is 4.36. The summed E-state index contributed by atoms with van der Waals surface area (Å²) < 4.78 is 0. The molecule has 0 rings (SSSR count). The molecule has 0 N–H and O–H groups in total. The van der Waals surface area contributed by atoms with Gasteiger partial charge < -0.3 is 15.3 Å². The number of hydrogen-bond acceptors (Lipinski definition) is 0. The SMILES string of the molecule is CCCC.[Cl-].[H-].[H-].[Li+].[Mg+2]. The first-order chi connectivity index (χ1) is 1.91. The second-order valence-corrected chi connectivity index (χ2v) is 1.000. The van der Waals surface area contributed by atoms with Gasteiger partial charge in [-0.05, 0) is 0 Å². The van der Waals surface area contributed by atoms with Gasteiger partial charge in [0.25, 0.3) is 0 Å². The van der Waals surface area contributed by atoms with E-state index in [2.05, 4.69) is 13.8 Å². The molecule has 0 nitrogen and oxygen atoms in total. The van der Waals surface area contributed by atoms with Crippen LogP contribution in [-0.2, 0) is 0 Å². The Morgan fingerprint density at radius 1 is 1.14 bits per heavy atom. The smallest absolute Gasteiger partial charge is 1.00 e. The van der Waals surface area contributed by atoms with E-state index in [1.807, 2.05) is 0 Å². The van der Waals surface area contributed by atoms with E-state index in [9.17, 15) is 0 Å². The Hall–Kier alpha value is 1.65. The van der Waals surface area contributed by atoms with Crippen LogP contribution in [0.5, 0.6) is 0 Å². The van der Waals surface area contributed by atoms with Gasteiger partial charge in [-0.25, -0.2) is 0 Å². The van der Waals surface area contributed by atoms with E-state index in [-0.39, 0.29) is 57.2 Å². The van der Waals surface area contributed by atoms with E-state index < -0.39 is 0 Å². The van der Waals surface area contributed by atoms with Crippen molar-refractivity contribution in [2.24, 2.45) is 0 Å². The van der Waals surface area contributed by atoms with Crippen molar-refractivity contribution < 1.29 is 34.1 Å². The topological polar surface area (TPSA) is 0 Å². The summed E-state index contributed by atoms with van der Waals surface area (Å²) in [5.41, 5.74) is 0. The first kappa shape index (κ1) is 23.4. The second-order valence-electron chi connectivity index (χ2n) is 1.000. The standard InChI is InChI=1S/C4H10.ClH.Li.Mg.2H/c1-3-4-2;;;;;/h3-4H2,1-2H3;1H;;;;/q;;+1;+2;2*-1/p-1. The normalized spacial score (nSPS) is 4.29. The van der Waals surface area contributed by atoms with Crippen LogP contribution in [0.25, 0.3) is 0 Å². The zero-order valence-corrected chi connectivity index (χ0v) is 7.67. The quantitative estimate of drug-likeness (QED) is 0.312. The van der Waals surface area contributed by atoms with Crippen LogP contribution in [0, 0.1) is 0 Å². The molecular formula is C4H12ClLiMg. The molecule has 0 unspecified atom stereocenters. The van der Waals surface area contributed by atoms with Crippen molar-refractivity contribution in [3.05, 3.63) is 0 Å². The molecule has 0 saturated carbocycles. The fourth-order valence-corrected chi connectivity index (χ4v) is 0. The third kappa shape index (κ3) is 34.7. The molecule has 0 saturated heterocycles. The zero-order valence-electron chi connectivity index (χ0n) is 7.50.